The molecule has 21 heavy (non-hydrogen) atoms. The molecule has 1 aromatic heterocycles. The first kappa shape index (κ1) is 14.5. The number of hydrogen-bond acceptors (Lipinski definition) is 2. The second-order valence-corrected chi connectivity index (χ2v) is 6.40. The highest BCUT2D eigenvalue weighted by Crippen LogP contribution is 2.32. The van der Waals surface area contributed by atoms with Gasteiger partial charge in [0.05, 0.1) is 0 Å². The smallest absolute Gasteiger partial charge is 0.0456 e. The Labute approximate surface area is 138 Å². The van der Waals surface area contributed by atoms with Crippen LogP contribution in [0.2, 0.25) is 10.0 Å². The molecule has 0 saturated carbocycles. The molecule has 106 valence electrons. The van der Waals surface area contributed by atoms with Crippen molar-refractivity contribution in [3.05, 3.63) is 75.6 Å². The van der Waals surface area contributed by atoms with E-state index >= 15 is 0 Å². The monoisotopic (exact) mass is 333 g/mol. The molecule has 3 aromatic rings. The van der Waals surface area contributed by atoms with Gasteiger partial charge >= 0.3 is 0 Å². The molecule has 0 fully saturated rings. The van der Waals surface area contributed by atoms with Crippen molar-refractivity contribution in [2.45, 2.75) is 6.54 Å². The number of anilines is 1. The molecular weight excluding hydrogens is 321 g/mol. The van der Waals surface area contributed by atoms with Crippen LogP contribution in [0.15, 0.2) is 60.0 Å². The molecule has 0 radical (unpaired) electrons. The van der Waals surface area contributed by atoms with E-state index in [-0.39, 0.29) is 0 Å². The predicted octanol–water partition coefficient (Wildman–Crippen LogP) is 6.33. The van der Waals surface area contributed by atoms with E-state index in [9.17, 15) is 0 Å². The van der Waals surface area contributed by atoms with Crippen LogP contribution in [0.5, 0.6) is 0 Å². The van der Waals surface area contributed by atoms with Gasteiger partial charge < -0.3 is 5.32 Å². The molecule has 0 amide bonds. The second kappa shape index (κ2) is 6.52. The van der Waals surface area contributed by atoms with E-state index in [0.717, 1.165) is 16.3 Å². The van der Waals surface area contributed by atoms with Crippen LogP contribution >= 0.6 is 34.5 Å². The second-order valence-electron chi connectivity index (χ2n) is 4.61. The van der Waals surface area contributed by atoms with Crippen LogP contribution in [0.1, 0.15) is 5.56 Å². The molecule has 0 saturated heterocycles. The molecule has 4 heteroatoms. The molecule has 0 aliphatic rings. The van der Waals surface area contributed by atoms with Crippen LogP contribution in [-0.2, 0) is 6.54 Å². The summed E-state index contributed by atoms with van der Waals surface area (Å²) in [6, 6.07) is 18.0. The summed E-state index contributed by atoms with van der Waals surface area (Å²) in [4.78, 5) is 1.25. The Morgan fingerprint density at radius 2 is 1.81 bits per heavy atom. The first-order valence-corrected chi connectivity index (χ1v) is 8.18. The predicted molar refractivity (Wildman–Crippen MR) is 93.5 cm³/mol. The highest BCUT2D eigenvalue weighted by Gasteiger charge is 2.06. The fourth-order valence-electron chi connectivity index (χ4n) is 2.15. The average molecular weight is 334 g/mol. The van der Waals surface area contributed by atoms with Crippen LogP contribution in [-0.4, -0.2) is 0 Å². The third kappa shape index (κ3) is 3.41. The molecule has 0 aliphatic carbocycles. The van der Waals surface area contributed by atoms with Crippen molar-refractivity contribution in [1.29, 1.82) is 0 Å². The van der Waals surface area contributed by atoms with E-state index < -0.39 is 0 Å². The van der Waals surface area contributed by atoms with Crippen molar-refractivity contribution in [2.75, 3.05) is 5.32 Å². The fraction of sp³-hybridized carbons (Fsp3) is 0.0588. The molecule has 3 rings (SSSR count). The number of para-hydroxylation sites is 1. The van der Waals surface area contributed by atoms with E-state index in [1.54, 1.807) is 17.4 Å². The van der Waals surface area contributed by atoms with Crippen molar-refractivity contribution in [1.82, 2.24) is 0 Å². The zero-order valence-corrected chi connectivity index (χ0v) is 13.5. The lowest BCUT2D eigenvalue weighted by Gasteiger charge is -2.12. The number of halogens is 2. The number of nitrogens with one attached hydrogen (secondary N) is 1. The van der Waals surface area contributed by atoms with Crippen LogP contribution in [0, 0.1) is 0 Å². The summed E-state index contributed by atoms with van der Waals surface area (Å²) in [5.74, 6) is 0. The Morgan fingerprint density at radius 1 is 0.952 bits per heavy atom. The Kier molecular flexibility index (Phi) is 4.49. The average Bonchev–Trinajstić information content (AvgIpc) is 3.03. The van der Waals surface area contributed by atoms with Gasteiger partial charge in [0, 0.05) is 32.7 Å². The minimum absolute atomic E-state index is 0.641. The van der Waals surface area contributed by atoms with Gasteiger partial charge in [0.25, 0.3) is 0 Å². The van der Waals surface area contributed by atoms with E-state index in [1.165, 1.54) is 10.4 Å². The Balaban J connectivity index is 1.84. The third-order valence-corrected chi connectivity index (χ3v) is 4.70. The van der Waals surface area contributed by atoms with Gasteiger partial charge in [-0.05, 0) is 41.3 Å². The Morgan fingerprint density at radius 3 is 2.62 bits per heavy atom. The summed E-state index contributed by atoms with van der Waals surface area (Å²) in [5.41, 5.74) is 3.28. The van der Waals surface area contributed by atoms with Crippen LogP contribution in [0.25, 0.3) is 10.4 Å². The molecule has 0 aliphatic heterocycles. The molecule has 0 bridgehead atoms. The maximum Gasteiger partial charge on any atom is 0.0456 e. The number of benzene rings is 2. The summed E-state index contributed by atoms with van der Waals surface area (Å²) < 4.78 is 0. The van der Waals surface area contributed by atoms with Gasteiger partial charge in [-0.25, -0.2) is 0 Å². The molecule has 0 spiro atoms. The van der Waals surface area contributed by atoms with E-state index in [4.69, 9.17) is 23.2 Å². The third-order valence-electron chi connectivity index (χ3n) is 3.19. The maximum absolute atomic E-state index is 6.21. The lowest BCUT2D eigenvalue weighted by atomic mass is 10.1. The van der Waals surface area contributed by atoms with Crippen molar-refractivity contribution in [3.63, 3.8) is 0 Å². The zero-order chi connectivity index (χ0) is 14.7. The molecular formula is C17H13Cl2NS. The summed E-state index contributed by atoms with van der Waals surface area (Å²) >= 11 is 14.0. The lowest BCUT2D eigenvalue weighted by molar-refractivity contribution is 1.15. The highest BCUT2D eigenvalue weighted by molar-refractivity contribution is 7.13. The Hall–Kier alpha value is -1.48. The summed E-state index contributed by atoms with van der Waals surface area (Å²) in [7, 11) is 0. The lowest BCUT2D eigenvalue weighted by Crippen LogP contribution is -2.01. The van der Waals surface area contributed by atoms with Gasteiger partial charge in [-0.15, -0.1) is 11.3 Å². The molecule has 0 unspecified atom stereocenters. The molecule has 1 N–H and O–H groups in total. The van der Waals surface area contributed by atoms with Gasteiger partial charge in [-0.1, -0.05) is 47.5 Å². The summed E-state index contributed by atoms with van der Waals surface area (Å²) in [6.07, 6.45) is 0. The zero-order valence-electron chi connectivity index (χ0n) is 11.1. The van der Waals surface area contributed by atoms with Crippen LogP contribution in [0.4, 0.5) is 5.69 Å². The van der Waals surface area contributed by atoms with Gasteiger partial charge in [0.2, 0.25) is 0 Å². The SMILES string of the molecule is Clc1ccc(Cl)c(CNc2ccccc2-c2cccs2)c1. The van der Waals surface area contributed by atoms with Gasteiger partial charge in [-0.2, -0.15) is 0 Å². The topological polar surface area (TPSA) is 12.0 Å². The first-order chi connectivity index (χ1) is 10.2. The number of hydrogen-bond donors (Lipinski definition) is 1. The van der Waals surface area contributed by atoms with Gasteiger partial charge in [-0.3, -0.25) is 0 Å². The molecule has 2 aromatic carbocycles. The molecule has 0 atom stereocenters. The summed E-state index contributed by atoms with van der Waals surface area (Å²) in [5, 5.41) is 6.95. The minimum Gasteiger partial charge on any atom is -0.380 e. The fourth-order valence-corrected chi connectivity index (χ4v) is 3.30. The normalized spacial score (nSPS) is 10.6. The van der Waals surface area contributed by atoms with Crippen LogP contribution in [0.3, 0.4) is 0 Å². The summed E-state index contributed by atoms with van der Waals surface area (Å²) in [6.45, 7) is 0.641. The van der Waals surface area contributed by atoms with Gasteiger partial charge in [0.15, 0.2) is 0 Å². The molecule has 1 heterocycles. The number of rotatable bonds is 4. The van der Waals surface area contributed by atoms with E-state index in [0.29, 0.717) is 11.6 Å². The largest absolute Gasteiger partial charge is 0.380 e. The standard InChI is InChI=1S/C17H13Cl2NS/c18-13-7-8-15(19)12(10-13)11-20-16-5-2-1-4-14(16)17-6-3-9-21-17/h1-10,20H,11H2. The van der Waals surface area contributed by atoms with Crippen molar-refractivity contribution >= 4 is 40.2 Å². The van der Waals surface area contributed by atoms with E-state index in [1.807, 2.05) is 24.3 Å². The van der Waals surface area contributed by atoms with E-state index in [2.05, 4.69) is 35.0 Å². The van der Waals surface area contributed by atoms with Crippen molar-refractivity contribution < 1.29 is 0 Å². The molecule has 1 nitrogen and oxygen atoms in total. The quantitative estimate of drug-likeness (QED) is 0.587. The maximum atomic E-state index is 6.21. The van der Waals surface area contributed by atoms with Gasteiger partial charge in [0.1, 0.15) is 0 Å². The van der Waals surface area contributed by atoms with Crippen molar-refractivity contribution in [3.8, 4) is 10.4 Å². The first-order valence-electron chi connectivity index (χ1n) is 6.55. The Bertz CT molecular complexity index is 738. The highest BCUT2D eigenvalue weighted by atomic mass is 35.5. The van der Waals surface area contributed by atoms with Crippen LogP contribution < -0.4 is 5.32 Å². The minimum atomic E-state index is 0.641. The van der Waals surface area contributed by atoms with Crippen molar-refractivity contribution in [2.24, 2.45) is 0 Å². The number of thiophene rings is 1.